The lowest BCUT2D eigenvalue weighted by Crippen LogP contribution is -2.31. The van der Waals surface area contributed by atoms with Crippen LogP contribution in [0.3, 0.4) is 0 Å². The number of carboxylic acid groups (broad SMARTS) is 1. The van der Waals surface area contributed by atoms with Crippen LogP contribution in [0.25, 0.3) is 0 Å². The highest BCUT2D eigenvalue weighted by Gasteiger charge is 2.18. The SMILES string of the molecule is C/C(=C\CSCC(Nc1csc(C)n1)C(=O)O)CCCC(C)CCCC(C)CCCC(C)C. The molecule has 0 aliphatic rings. The summed E-state index contributed by atoms with van der Waals surface area (Å²) in [5.74, 6) is 3.75. The van der Waals surface area contributed by atoms with Gasteiger partial charge in [0, 0.05) is 16.9 Å². The number of allylic oxidation sites excluding steroid dienone is 1. The van der Waals surface area contributed by atoms with E-state index >= 15 is 0 Å². The molecule has 190 valence electrons. The molecule has 0 saturated heterocycles. The number of anilines is 1. The second-order valence-electron chi connectivity index (χ2n) is 10.2. The van der Waals surface area contributed by atoms with Gasteiger partial charge in [-0.2, -0.15) is 11.8 Å². The quantitative estimate of drug-likeness (QED) is 0.149. The fourth-order valence-electron chi connectivity index (χ4n) is 3.98. The maximum atomic E-state index is 11.5. The van der Waals surface area contributed by atoms with Crippen molar-refractivity contribution >= 4 is 34.9 Å². The van der Waals surface area contributed by atoms with Gasteiger partial charge in [0.1, 0.15) is 11.9 Å². The van der Waals surface area contributed by atoms with Crippen molar-refractivity contribution in [2.75, 3.05) is 16.8 Å². The van der Waals surface area contributed by atoms with Crippen LogP contribution in [0.15, 0.2) is 17.0 Å². The van der Waals surface area contributed by atoms with E-state index in [2.05, 4.69) is 51.0 Å². The maximum absolute atomic E-state index is 11.5. The third-order valence-corrected chi connectivity index (χ3v) is 7.96. The predicted molar refractivity (Wildman–Crippen MR) is 148 cm³/mol. The summed E-state index contributed by atoms with van der Waals surface area (Å²) in [6, 6.07) is -0.607. The van der Waals surface area contributed by atoms with Crippen molar-refractivity contribution in [3.8, 4) is 0 Å². The molecule has 1 aromatic heterocycles. The van der Waals surface area contributed by atoms with E-state index in [1.165, 1.54) is 68.3 Å². The molecule has 6 heteroatoms. The van der Waals surface area contributed by atoms with E-state index in [0.29, 0.717) is 11.6 Å². The highest BCUT2D eigenvalue weighted by Crippen LogP contribution is 2.22. The average Bonchev–Trinajstić information content (AvgIpc) is 3.14. The highest BCUT2D eigenvalue weighted by atomic mass is 32.2. The number of aliphatic carboxylic acids is 1. The Labute approximate surface area is 211 Å². The van der Waals surface area contributed by atoms with Crippen molar-refractivity contribution in [3.05, 3.63) is 22.0 Å². The third kappa shape index (κ3) is 15.5. The molecule has 0 aliphatic heterocycles. The van der Waals surface area contributed by atoms with Gasteiger partial charge in [-0.25, -0.2) is 9.78 Å². The minimum atomic E-state index is -0.826. The Kier molecular flexibility index (Phi) is 15.9. The fourth-order valence-corrected chi connectivity index (χ4v) is 5.53. The molecule has 0 spiro atoms. The van der Waals surface area contributed by atoms with Crippen molar-refractivity contribution in [3.63, 3.8) is 0 Å². The average molecular weight is 497 g/mol. The van der Waals surface area contributed by atoms with E-state index in [1.807, 2.05) is 12.3 Å². The summed E-state index contributed by atoms with van der Waals surface area (Å²) in [6.45, 7) is 13.6. The van der Waals surface area contributed by atoms with Gasteiger partial charge in [0.15, 0.2) is 0 Å². The topological polar surface area (TPSA) is 62.2 Å². The summed E-state index contributed by atoms with van der Waals surface area (Å²) in [4.78, 5) is 15.8. The summed E-state index contributed by atoms with van der Waals surface area (Å²) < 4.78 is 0. The van der Waals surface area contributed by atoms with Crippen molar-refractivity contribution in [2.45, 2.75) is 105 Å². The third-order valence-electron chi connectivity index (χ3n) is 6.21. The van der Waals surface area contributed by atoms with E-state index in [1.54, 1.807) is 11.8 Å². The molecular formula is C27H48N2O2S2. The molecule has 33 heavy (non-hydrogen) atoms. The van der Waals surface area contributed by atoms with Crippen LogP contribution in [0.5, 0.6) is 0 Å². The largest absolute Gasteiger partial charge is 0.480 e. The molecule has 0 saturated carbocycles. The van der Waals surface area contributed by atoms with Gasteiger partial charge in [-0.05, 0) is 44.4 Å². The van der Waals surface area contributed by atoms with Gasteiger partial charge in [0.05, 0.1) is 5.01 Å². The van der Waals surface area contributed by atoms with E-state index < -0.39 is 12.0 Å². The van der Waals surface area contributed by atoms with E-state index in [0.717, 1.165) is 34.9 Å². The summed E-state index contributed by atoms with van der Waals surface area (Å²) in [7, 11) is 0. The molecule has 3 atom stereocenters. The molecule has 1 heterocycles. The molecule has 3 unspecified atom stereocenters. The van der Waals surface area contributed by atoms with Crippen LogP contribution in [-0.2, 0) is 4.79 Å². The smallest absolute Gasteiger partial charge is 0.327 e. The zero-order chi connectivity index (χ0) is 24.6. The number of nitrogens with zero attached hydrogens (tertiary/aromatic N) is 1. The number of hydrogen-bond acceptors (Lipinski definition) is 5. The molecule has 2 N–H and O–H groups in total. The van der Waals surface area contributed by atoms with Crippen molar-refractivity contribution < 1.29 is 9.90 Å². The van der Waals surface area contributed by atoms with Crippen LogP contribution in [0.2, 0.25) is 0 Å². The predicted octanol–water partition coefficient (Wildman–Crippen LogP) is 8.44. The van der Waals surface area contributed by atoms with Gasteiger partial charge in [-0.15, -0.1) is 11.3 Å². The molecule has 0 radical (unpaired) electrons. The zero-order valence-corrected chi connectivity index (χ0v) is 23.5. The molecule has 0 fully saturated rings. The van der Waals surface area contributed by atoms with Crippen LogP contribution in [0.1, 0.15) is 97.4 Å². The Balaban J connectivity index is 2.13. The number of hydrogen-bond donors (Lipinski definition) is 2. The number of thiazole rings is 1. The monoisotopic (exact) mass is 496 g/mol. The summed E-state index contributed by atoms with van der Waals surface area (Å²) >= 11 is 3.19. The first-order valence-electron chi connectivity index (χ1n) is 12.8. The highest BCUT2D eigenvalue weighted by molar-refractivity contribution is 7.99. The van der Waals surface area contributed by atoms with Crippen LogP contribution >= 0.6 is 23.1 Å². The van der Waals surface area contributed by atoms with Crippen molar-refractivity contribution in [2.24, 2.45) is 17.8 Å². The molecule has 0 bridgehead atoms. The minimum absolute atomic E-state index is 0.530. The summed E-state index contributed by atoms with van der Waals surface area (Å²) in [5, 5.41) is 15.3. The van der Waals surface area contributed by atoms with Crippen LogP contribution in [0, 0.1) is 24.7 Å². The number of nitrogens with one attached hydrogen (secondary N) is 1. The Morgan fingerprint density at radius 3 is 2.24 bits per heavy atom. The second-order valence-corrected chi connectivity index (χ2v) is 12.4. The Morgan fingerprint density at radius 1 is 1.09 bits per heavy atom. The number of carboxylic acids is 1. The number of rotatable bonds is 19. The lowest BCUT2D eigenvalue weighted by Gasteiger charge is -2.15. The van der Waals surface area contributed by atoms with Gasteiger partial charge in [0.2, 0.25) is 0 Å². The van der Waals surface area contributed by atoms with E-state index in [4.69, 9.17) is 0 Å². The van der Waals surface area contributed by atoms with Gasteiger partial charge in [-0.3, -0.25) is 0 Å². The van der Waals surface area contributed by atoms with E-state index in [-0.39, 0.29) is 0 Å². The van der Waals surface area contributed by atoms with Crippen LogP contribution in [-0.4, -0.2) is 33.6 Å². The normalized spacial score (nSPS) is 14.9. The second kappa shape index (κ2) is 17.4. The number of aryl methyl sites for hydroxylation is 1. The van der Waals surface area contributed by atoms with Crippen LogP contribution in [0.4, 0.5) is 5.82 Å². The first kappa shape index (κ1) is 30.0. The van der Waals surface area contributed by atoms with Gasteiger partial charge in [0.25, 0.3) is 0 Å². The first-order chi connectivity index (χ1) is 15.7. The molecule has 1 aromatic rings. The Bertz CT molecular complexity index is 687. The van der Waals surface area contributed by atoms with Gasteiger partial charge < -0.3 is 10.4 Å². The van der Waals surface area contributed by atoms with Crippen LogP contribution < -0.4 is 5.32 Å². The van der Waals surface area contributed by atoms with Gasteiger partial charge >= 0.3 is 5.97 Å². The van der Waals surface area contributed by atoms with E-state index in [9.17, 15) is 9.90 Å². The standard InChI is InChI=1S/C27H48N2O2S2/c1-20(2)10-7-11-21(3)12-8-13-22(4)14-9-15-23(5)16-17-32-18-25(27(30)31)29-26-19-33-24(6)28-26/h16,19-22,25,29H,7-15,17-18H2,1-6H3,(H,30,31)/b23-16+. The lowest BCUT2D eigenvalue weighted by molar-refractivity contribution is -0.137. The summed E-state index contributed by atoms with van der Waals surface area (Å²) in [5.41, 5.74) is 1.42. The molecule has 4 nitrogen and oxygen atoms in total. The number of aromatic nitrogens is 1. The maximum Gasteiger partial charge on any atom is 0.327 e. The van der Waals surface area contributed by atoms with Crippen molar-refractivity contribution in [1.29, 1.82) is 0 Å². The Morgan fingerprint density at radius 2 is 1.70 bits per heavy atom. The fraction of sp³-hybridized carbons (Fsp3) is 0.778. The molecule has 0 aromatic carbocycles. The summed E-state index contributed by atoms with van der Waals surface area (Å²) in [6.07, 6.45) is 14.2. The first-order valence-corrected chi connectivity index (χ1v) is 14.9. The van der Waals surface area contributed by atoms with Crippen molar-refractivity contribution in [1.82, 2.24) is 4.98 Å². The molecular weight excluding hydrogens is 448 g/mol. The molecule has 0 aliphatic carbocycles. The number of carbonyl (C=O) groups is 1. The zero-order valence-electron chi connectivity index (χ0n) is 21.9. The Hall–Kier alpha value is -1.01. The lowest BCUT2D eigenvalue weighted by atomic mass is 9.91. The minimum Gasteiger partial charge on any atom is -0.480 e. The molecule has 1 rings (SSSR count). The van der Waals surface area contributed by atoms with Gasteiger partial charge in [-0.1, -0.05) is 84.3 Å². The molecule has 0 amide bonds. The number of thioether (sulfide) groups is 1.